The summed E-state index contributed by atoms with van der Waals surface area (Å²) in [7, 11) is 0. The van der Waals surface area contributed by atoms with Crippen LogP contribution in [0.2, 0.25) is 0 Å². The van der Waals surface area contributed by atoms with E-state index >= 15 is 0 Å². The van der Waals surface area contributed by atoms with Gasteiger partial charge in [0.1, 0.15) is 0 Å². The van der Waals surface area contributed by atoms with E-state index in [0.717, 1.165) is 3.57 Å². The van der Waals surface area contributed by atoms with Crippen molar-refractivity contribution in [3.05, 3.63) is 57.7 Å². The van der Waals surface area contributed by atoms with E-state index in [0.29, 0.717) is 23.5 Å². The molecule has 0 heterocycles. The number of urea groups is 1. The van der Waals surface area contributed by atoms with Crippen LogP contribution >= 0.6 is 22.6 Å². The average molecular weight is 409 g/mol. The Balaban J connectivity index is 2.05. The minimum absolute atomic E-state index is 0.188. The Morgan fingerprint density at radius 3 is 2.27 bits per heavy atom. The highest BCUT2D eigenvalue weighted by atomic mass is 127. The second kappa shape index (κ2) is 7.79. The van der Waals surface area contributed by atoms with Crippen molar-refractivity contribution < 1.29 is 9.59 Å². The minimum Gasteiger partial charge on any atom is -0.338 e. The monoisotopic (exact) mass is 409 g/mol. The minimum atomic E-state index is -0.274. The van der Waals surface area contributed by atoms with Crippen LogP contribution in [0.25, 0.3) is 0 Å². The Morgan fingerprint density at radius 2 is 1.64 bits per heavy atom. The van der Waals surface area contributed by atoms with Crippen molar-refractivity contribution in [3.63, 3.8) is 0 Å². The molecule has 0 saturated carbocycles. The van der Waals surface area contributed by atoms with Crippen LogP contribution in [0.4, 0.5) is 16.2 Å². The van der Waals surface area contributed by atoms with Crippen molar-refractivity contribution >= 4 is 45.9 Å². The van der Waals surface area contributed by atoms with Gasteiger partial charge in [-0.05, 0) is 72.0 Å². The standard InChI is InChI=1S/C16H16IN3O2/c1-2-18-16(22)20-14-5-3-4-13(10-14)19-15(21)11-6-8-12(17)9-7-11/h3-10H,2H2,1H3,(H,19,21)(H2,18,20,22). The molecule has 0 aliphatic rings. The zero-order valence-corrected chi connectivity index (χ0v) is 14.2. The fourth-order valence-electron chi connectivity index (χ4n) is 1.82. The summed E-state index contributed by atoms with van der Waals surface area (Å²) in [6, 6.07) is 14.0. The molecule has 0 atom stereocenters. The van der Waals surface area contributed by atoms with Gasteiger partial charge in [-0.2, -0.15) is 0 Å². The molecule has 114 valence electrons. The zero-order valence-electron chi connectivity index (χ0n) is 12.0. The van der Waals surface area contributed by atoms with Crippen molar-refractivity contribution in [1.82, 2.24) is 5.32 Å². The van der Waals surface area contributed by atoms with Gasteiger partial charge >= 0.3 is 6.03 Å². The topological polar surface area (TPSA) is 70.2 Å². The number of halogens is 1. The van der Waals surface area contributed by atoms with Gasteiger partial charge in [0.25, 0.3) is 5.91 Å². The fraction of sp³-hybridized carbons (Fsp3) is 0.125. The third-order valence-corrected chi connectivity index (χ3v) is 3.54. The maximum atomic E-state index is 12.1. The maximum Gasteiger partial charge on any atom is 0.319 e. The van der Waals surface area contributed by atoms with Crippen LogP contribution in [0.3, 0.4) is 0 Å². The number of hydrogen-bond acceptors (Lipinski definition) is 2. The Bertz CT molecular complexity index is 671. The van der Waals surface area contributed by atoms with Crippen LogP contribution in [0, 0.1) is 3.57 Å². The molecule has 2 aromatic rings. The molecular weight excluding hydrogens is 393 g/mol. The van der Waals surface area contributed by atoms with E-state index in [2.05, 4.69) is 38.5 Å². The molecule has 3 N–H and O–H groups in total. The fourth-order valence-corrected chi connectivity index (χ4v) is 2.17. The maximum absolute atomic E-state index is 12.1. The van der Waals surface area contributed by atoms with Crippen LogP contribution < -0.4 is 16.0 Å². The molecule has 0 aliphatic carbocycles. The van der Waals surface area contributed by atoms with Crippen LogP contribution in [0.1, 0.15) is 17.3 Å². The van der Waals surface area contributed by atoms with Gasteiger partial charge in [-0.25, -0.2) is 4.79 Å². The Morgan fingerprint density at radius 1 is 1.00 bits per heavy atom. The highest BCUT2D eigenvalue weighted by Crippen LogP contribution is 2.16. The summed E-state index contributed by atoms with van der Waals surface area (Å²) in [6.07, 6.45) is 0. The summed E-state index contributed by atoms with van der Waals surface area (Å²) in [5, 5.41) is 8.16. The molecule has 5 nitrogen and oxygen atoms in total. The molecule has 0 aliphatic heterocycles. The van der Waals surface area contributed by atoms with Gasteiger partial charge in [-0.3, -0.25) is 4.79 Å². The van der Waals surface area contributed by atoms with E-state index in [9.17, 15) is 9.59 Å². The molecule has 0 unspecified atom stereocenters. The summed E-state index contributed by atoms with van der Waals surface area (Å²) < 4.78 is 1.07. The van der Waals surface area contributed by atoms with Crippen molar-refractivity contribution in [2.75, 3.05) is 17.2 Å². The lowest BCUT2D eigenvalue weighted by Crippen LogP contribution is -2.28. The predicted molar refractivity (Wildman–Crippen MR) is 96.2 cm³/mol. The van der Waals surface area contributed by atoms with Gasteiger partial charge in [0.15, 0.2) is 0 Å². The molecule has 0 fully saturated rings. The SMILES string of the molecule is CCNC(=O)Nc1cccc(NC(=O)c2ccc(I)cc2)c1. The van der Waals surface area contributed by atoms with E-state index in [1.807, 2.05) is 19.1 Å². The second-order valence-corrected chi connectivity index (χ2v) is 5.77. The summed E-state index contributed by atoms with van der Waals surface area (Å²) in [4.78, 5) is 23.6. The van der Waals surface area contributed by atoms with E-state index in [1.165, 1.54) is 0 Å². The van der Waals surface area contributed by atoms with Crippen LogP contribution in [-0.4, -0.2) is 18.5 Å². The number of nitrogens with one attached hydrogen (secondary N) is 3. The first kappa shape index (κ1) is 16.3. The molecule has 0 bridgehead atoms. The van der Waals surface area contributed by atoms with E-state index < -0.39 is 0 Å². The summed E-state index contributed by atoms with van der Waals surface area (Å²) in [5.41, 5.74) is 1.83. The quantitative estimate of drug-likeness (QED) is 0.675. The highest BCUT2D eigenvalue weighted by Gasteiger charge is 2.07. The number of hydrogen-bond donors (Lipinski definition) is 3. The molecule has 6 heteroatoms. The largest absolute Gasteiger partial charge is 0.338 e. The first-order valence-corrected chi connectivity index (χ1v) is 7.88. The van der Waals surface area contributed by atoms with Crippen LogP contribution in [0.15, 0.2) is 48.5 Å². The predicted octanol–water partition coefficient (Wildman–Crippen LogP) is 3.68. The van der Waals surface area contributed by atoms with E-state index in [4.69, 9.17) is 0 Å². The third kappa shape index (κ3) is 4.73. The molecule has 0 spiro atoms. The van der Waals surface area contributed by atoms with Gasteiger partial charge < -0.3 is 16.0 Å². The average Bonchev–Trinajstić information content (AvgIpc) is 2.48. The van der Waals surface area contributed by atoms with Gasteiger partial charge in [-0.15, -0.1) is 0 Å². The lowest BCUT2D eigenvalue weighted by Gasteiger charge is -2.09. The van der Waals surface area contributed by atoms with Crippen molar-refractivity contribution in [3.8, 4) is 0 Å². The van der Waals surface area contributed by atoms with Gasteiger partial charge in [0.2, 0.25) is 0 Å². The van der Waals surface area contributed by atoms with Gasteiger partial charge in [0.05, 0.1) is 0 Å². The molecular formula is C16H16IN3O2. The van der Waals surface area contributed by atoms with Gasteiger partial charge in [-0.1, -0.05) is 6.07 Å². The van der Waals surface area contributed by atoms with Gasteiger partial charge in [0, 0.05) is 27.1 Å². The Labute approximate surface area is 142 Å². The molecule has 2 rings (SSSR count). The lowest BCUT2D eigenvalue weighted by atomic mass is 10.2. The van der Waals surface area contributed by atoms with E-state index in [-0.39, 0.29) is 11.9 Å². The number of anilines is 2. The lowest BCUT2D eigenvalue weighted by molar-refractivity contribution is 0.102. The van der Waals surface area contributed by atoms with Crippen LogP contribution in [-0.2, 0) is 0 Å². The number of benzene rings is 2. The summed E-state index contributed by atoms with van der Waals surface area (Å²) in [6.45, 7) is 2.40. The molecule has 0 aromatic heterocycles. The van der Waals surface area contributed by atoms with Crippen molar-refractivity contribution in [2.45, 2.75) is 6.92 Å². The molecule has 0 saturated heterocycles. The summed E-state index contributed by atoms with van der Waals surface area (Å²) >= 11 is 2.19. The van der Waals surface area contributed by atoms with E-state index in [1.54, 1.807) is 36.4 Å². The molecule has 2 aromatic carbocycles. The highest BCUT2D eigenvalue weighted by molar-refractivity contribution is 14.1. The molecule has 0 radical (unpaired) electrons. The smallest absolute Gasteiger partial charge is 0.319 e. The number of carbonyl (C=O) groups is 2. The molecule has 22 heavy (non-hydrogen) atoms. The number of rotatable bonds is 4. The third-order valence-electron chi connectivity index (χ3n) is 2.82. The summed E-state index contributed by atoms with van der Waals surface area (Å²) in [5.74, 6) is -0.188. The normalized spacial score (nSPS) is 9.91. The van der Waals surface area contributed by atoms with Crippen LogP contribution in [0.5, 0.6) is 0 Å². The Kier molecular flexibility index (Phi) is 5.76. The van der Waals surface area contributed by atoms with Crippen molar-refractivity contribution in [1.29, 1.82) is 0 Å². The first-order chi connectivity index (χ1) is 10.6. The second-order valence-electron chi connectivity index (χ2n) is 4.53. The first-order valence-electron chi connectivity index (χ1n) is 6.80. The number of carbonyl (C=O) groups excluding carboxylic acids is 2. The zero-order chi connectivity index (χ0) is 15.9. The van der Waals surface area contributed by atoms with Crippen molar-refractivity contribution in [2.24, 2.45) is 0 Å². The Hall–Kier alpha value is -2.09. The number of amides is 3. The molecule has 3 amide bonds.